The normalized spacial score (nSPS) is 11.7. The monoisotopic (exact) mass is 265 g/mol. The molecule has 106 valence electrons. The Morgan fingerprint density at radius 1 is 1.32 bits per heavy atom. The van der Waals surface area contributed by atoms with E-state index in [1.54, 1.807) is 7.11 Å². The van der Waals surface area contributed by atoms with Crippen molar-refractivity contribution in [2.75, 3.05) is 13.7 Å². The summed E-state index contributed by atoms with van der Waals surface area (Å²) in [7, 11) is 1.64. The highest BCUT2D eigenvalue weighted by molar-refractivity contribution is 5.47. The quantitative estimate of drug-likeness (QED) is 0.698. The largest absolute Gasteiger partial charge is 0.493 e. The van der Waals surface area contributed by atoms with Crippen molar-refractivity contribution in [2.24, 2.45) is 0 Å². The van der Waals surface area contributed by atoms with Gasteiger partial charge < -0.3 is 14.8 Å². The Morgan fingerprint density at radius 2 is 2.11 bits per heavy atom. The molecule has 0 radical (unpaired) electrons. The van der Waals surface area contributed by atoms with Gasteiger partial charge in [-0.05, 0) is 37.0 Å². The third-order valence-electron chi connectivity index (χ3n) is 2.97. The fourth-order valence-electron chi connectivity index (χ4n) is 1.87. The summed E-state index contributed by atoms with van der Waals surface area (Å²) in [5.41, 5.74) is 1.13. The smallest absolute Gasteiger partial charge is 0.207 e. The van der Waals surface area contributed by atoms with E-state index < -0.39 is 0 Å². The second-order valence-electron chi connectivity index (χ2n) is 4.43. The SMILES string of the molecule is CCCOc1cc(CC(CC)NC=O)ccc1OC. The van der Waals surface area contributed by atoms with Crippen LogP contribution in [0.4, 0.5) is 0 Å². The molecule has 0 aliphatic carbocycles. The third kappa shape index (κ3) is 4.81. The van der Waals surface area contributed by atoms with Crippen LogP contribution in [-0.4, -0.2) is 26.2 Å². The molecular formula is C15H23NO3. The third-order valence-corrected chi connectivity index (χ3v) is 2.97. The van der Waals surface area contributed by atoms with Crippen molar-refractivity contribution in [3.05, 3.63) is 23.8 Å². The van der Waals surface area contributed by atoms with Crippen LogP contribution in [0.3, 0.4) is 0 Å². The summed E-state index contributed by atoms with van der Waals surface area (Å²) < 4.78 is 11.0. The van der Waals surface area contributed by atoms with E-state index in [2.05, 4.69) is 19.2 Å². The van der Waals surface area contributed by atoms with Gasteiger partial charge in [-0.15, -0.1) is 0 Å². The van der Waals surface area contributed by atoms with Crippen LogP contribution in [0.15, 0.2) is 18.2 Å². The molecular weight excluding hydrogens is 242 g/mol. The molecule has 0 saturated carbocycles. The fraction of sp³-hybridized carbons (Fsp3) is 0.533. The first-order valence-corrected chi connectivity index (χ1v) is 6.74. The Labute approximate surface area is 115 Å². The molecule has 0 aliphatic heterocycles. The molecule has 0 aliphatic rings. The predicted octanol–water partition coefficient (Wildman–Crippen LogP) is 2.55. The van der Waals surface area contributed by atoms with E-state index in [0.717, 1.165) is 42.7 Å². The van der Waals surface area contributed by atoms with Gasteiger partial charge in [0, 0.05) is 6.04 Å². The number of carbonyl (C=O) groups is 1. The summed E-state index contributed by atoms with van der Waals surface area (Å²) >= 11 is 0. The van der Waals surface area contributed by atoms with E-state index in [1.165, 1.54) is 0 Å². The zero-order valence-corrected chi connectivity index (χ0v) is 11.9. The van der Waals surface area contributed by atoms with Gasteiger partial charge in [0.2, 0.25) is 6.41 Å². The predicted molar refractivity (Wildman–Crippen MR) is 75.8 cm³/mol. The van der Waals surface area contributed by atoms with E-state index in [-0.39, 0.29) is 6.04 Å². The first-order chi connectivity index (χ1) is 9.24. The van der Waals surface area contributed by atoms with Crippen LogP contribution in [0.25, 0.3) is 0 Å². The number of nitrogens with one attached hydrogen (secondary N) is 1. The van der Waals surface area contributed by atoms with E-state index in [9.17, 15) is 4.79 Å². The summed E-state index contributed by atoms with van der Waals surface area (Å²) in [6.07, 6.45) is 3.40. The second-order valence-corrected chi connectivity index (χ2v) is 4.43. The van der Waals surface area contributed by atoms with Crippen LogP contribution < -0.4 is 14.8 Å². The van der Waals surface area contributed by atoms with Crippen molar-refractivity contribution in [2.45, 2.75) is 39.2 Å². The summed E-state index contributed by atoms with van der Waals surface area (Å²) in [4.78, 5) is 10.5. The first kappa shape index (κ1) is 15.3. The average molecular weight is 265 g/mol. The summed E-state index contributed by atoms with van der Waals surface area (Å²) in [6, 6.07) is 6.06. The van der Waals surface area contributed by atoms with Crippen LogP contribution in [0, 0.1) is 0 Å². The van der Waals surface area contributed by atoms with Gasteiger partial charge in [-0.2, -0.15) is 0 Å². The summed E-state index contributed by atoms with van der Waals surface area (Å²) in [5.74, 6) is 1.51. The van der Waals surface area contributed by atoms with Gasteiger partial charge in [0.05, 0.1) is 13.7 Å². The maximum Gasteiger partial charge on any atom is 0.207 e. The van der Waals surface area contributed by atoms with Crippen molar-refractivity contribution in [3.63, 3.8) is 0 Å². The zero-order valence-electron chi connectivity index (χ0n) is 11.9. The molecule has 0 fully saturated rings. The van der Waals surface area contributed by atoms with E-state index >= 15 is 0 Å². The number of hydrogen-bond donors (Lipinski definition) is 1. The molecule has 1 amide bonds. The molecule has 4 nitrogen and oxygen atoms in total. The van der Waals surface area contributed by atoms with E-state index in [1.807, 2.05) is 18.2 Å². The van der Waals surface area contributed by atoms with Gasteiger partial charge in [0.25, 0.3) is 0 Å². The lowest BCUT2D eigenvalue weighted by Crippen LogP contribution is -2.29. The molecule has 1 aromatic rings. The number of benzene rings is 1. The Balaban J connectivity index is 2.81. The minimum atomic E-state index is 0.157. The zero-order chi connectivity index (χ0) is 14.1. The Morgan fingerprint density at radius 3 is 2.68 bits per heavy atom. The van der Waals surface area contributed by atoms with Crippen LogP contribution >= 0.6 is 0 Å². The number of ether oxygens (including phenoxy) is 2. The Kier molecular flexibility index (Phi) is 6.79. The van der Waals surface area contributed by atoms with Gasteiger partial charge in [-0.3, -0.25) is 4.79 Å². The number of rotatable bonds is 9. The molecule has 1 rings (SSSR count). The van der Waals surface area contributed by atoms with E-state index in [4.69, 9.17) is 9.47 Å². The molecule has 1 N–H and O–H groups in total. The lowest BCUT2D eigenvalue weighted by atomic mass is 10.0. The molecule has 0 saturated heterocycles. The molecule has 0 spiro atoms. The minimum Gasteiger partial charge on any atom is -0.493 e. The van der Waals surface area contributed by atoms with E-state index in [0.29, 0.717) is 6.61 Å². The van der Waals surface area contributed by atoms with Crippen LogP contribution in [0.2, 0.25) is 0 Å². The highest BCUT2D eigenvalue weighted by atomic mass is 16.5. The minimum absolute atomic E-state index is 0.157. The maximum absolute atomic E-state index is 10.5. The highest BCUT2D eigenvalue weighted by Crippen LogP contribution is 2.28. The molecule has 0 aromatic heterocycles. The van der Waals surface area contributed by atoms with Crippen molar-refractivity contribution >= 4 is 6.41 Å². The number of hydrogen-bond acceptors (Lipinski definition) is 3. The lowest BCUT2D eigenvalue weighted by Gasteiger charge is -2.16. The molecule has 1 atom stereocenters. The van der Waals surface area contributed by atoms with Gasteiger partial charge in [-0.1, -0.05) is 19.9 Å². The average Bonchev–Trinajstić information content (AvgIpc) is 2.44. The molecule has 1 aromatic carbocycles. The van der Waals surface area contributed by atoms with Crippen molar-refractivity contribution in [1.29, 1.82) is 0 Å². The van der Waals surface area contributed by atoms with Crippen LogP contribution in [-0.2, 0) is 11.2 Å². The van der Waals surface area contributed by atoms with Crippen molar-refractivity contribution in [3.8, 4) is 11.5 Å². The van der Waals surface area contributed by atoms with Crippen LogP contribution in [0.1, 0.15) is 32.3 Å². The lowest BCUT2D eigenvalue weighted by molar-refractivity contribution is -0.110. The number of carbonyl (C=O) groups excluding carboxylic acids is 1. The molecule has 0 bridgehead atoms. The summed E-state index contributed by atoms with van der Waals surface area (Å²) in [6.45, 7) is 4.79. The molecule has 19 heavy (non-hydrogen) atoms. The van der Waals surface area contributed by atoms with Gasteiger partial charge in [0.15, 0.2) is 11.5 Å². The summed E-state index contributed by atoms with van der Waals surface area (Å²) in [5, 5.41) is 2.82. The van der Waals surface area contributed by atoms with Crippen LogP contribution in [0.5, 0.6) is 11.5 Å². The topological polar surface area (TPSA) is 47.6 Å². The Hall–Kier alpha value is -1.71. The highest BCUT2D eigenvalue weighted by Gasteiger charge is 2.10. The maximum atomic E-state index is 10.5. The van der Waals surface area contributed by atoms with Gasteiger partial charge >= 0.3 is 0 Å². The van der Waals surface area contributed by atoms with Gasteiger partial charge in [-0.25, -0.2) is 0 Å². The second kappa shape index (κ2) is 8.40. The molecule has 0 heterocycles. The van der Waals surface area contributed by atoms with Gasteiger partial charge in [0.1, 0.15) is 0 Å². The first-order valence-electron chi connectivity index (χ1n) is 6.74. The molecule has 1 unspecified atom stereocenters. The van der Waals surface area contributed by atoms with Crippen molar-refractivity contribution < 1.29 is 14.3 Å². The van der Waals surface area contributed by atoms with Crippen molar-refractivity contribution in [1.82, 2.24) is 5.32 Å². The number of methoxy groups -OCH3 is 1. The molecule has 4 heteroatoms. The fourth-order valence-corrected chi connectivity index (χ4v) is 1.87. The number of amides is 1. The Bertz CT molecular complexity index is 393. The standard InChI is InChI=1S/C15H23NO3/c1-4-8-19-15-10-12(6-7-14(15)18-3)9-13(5-2)16-11-17/h6-7,10-11,13H,4-5,8-9H2,1-3H3,(H,16,17).